The maximum atomic E-state index is 5.60. The molecule has 0 saturated carbocycles. The molecule has 0 aliphatic heterocycles. The minimum absolute atomic E-state index is 0.219. The van der Waals surface area contributed by atoms with Gasteiger partial charge in [0.25, 0.3) is 0 Å². The highest BCUT2D eigenvalue weighted by Gasteiger charge is 2.27. The Labute approximate surface area is 130 Å². The monoisotopic (exact) mass is 292 g/mol. The van der Waals surface area contributed by atoms with Gasteiger partial charge >= 0.3 is 0 Å². The number of hydrogen-bond donors (Lipinski definition) is 1. The molecule has 0 heterocycles. The third-order valence-electron chi connectivity index (χ3n) is 4.42. The number of ether oxygens (including phenoxy) is 1. The van der Waals surface area contributed by atoms with Crippen LogP contribution in [0, 0.1) is 5.41 Å². The molecule has 1 aromatic rings. The number of benzene rings is 1. The van der Waals surface area contributed by atoms with E-state index in [2.05, 4.69) is 70.9 Å². The highest BCUT2D eigenvalue weighted by Crippen LogP contribution is 2.37. The predicted octanol–water partition coefficient (Wildman–Crippen LogP) is 4.24. The fourth-order valence-electron chi connectivity index (χ4n) is 2.65. The first-order chi connectivity index (χ1) is 9.73. The number of rotatable bonds is 6. The van der Waals surface area contributed by atoms with Gasteiger partial charge in [-0.05, 0) is 37.9 Å². The molecule has 0 amide bonds. The van der Waals surface area contributed by atoms with Crippen LogP contribution in [-0.2, 0) is 0 Å². The van der Waals surface area contributed by atoms with Crippen LogP contribution in [0.2, 0.25) is 0 Å². The third kappa shape index (κ3) is 4.13. The van der Waals surface area contributed by atoms with Crippen molar-refractivity contribution in [1.82, 2.24) is 5.32 Å². The molecule has 21 heavy (non-hydrogen) atoms. The highest BCUT2D eigenvalue weighted by molar-refractivity contribution is 5.61. The SMILES string of the molecule is CCNC(C)c1c(OC)cccc1N(C)C(C)C(C)(C)C. The maximum absolute atomic E-state index is 5.60. The van der Waals surface area contributed by atoms with Gasteiger partial charge in [0.15, 0.2) is 0 Å². The second-order valence-electron chi connectivity index (χ2n) is 6.83. The molecule has 0 aliphatic rings. The number of hydrogen-bond acceptors (Lipinski definition) is 3. The van der Waals surface area contributed by atoms with E-state index in [4.69, 9.17) is 4.74 Å². The molecule has 0 saturated heterocycles. The zero-order valence-corrected chi connectivity index (χ0v) is 14.9. The Hall–Kier alpha value is -1.22. The molecule has 0 spiro atoms. The molecule has 0 aliphatic carbocycles. The lowest BCUT2D eigenvalue weighted by Gasteiger charge is -2.38. The zero-order chi connectivity index (χ0) is 16.2. The fraction of sp³-hybridized carbons (Fsp3) is 0.667. The van der Waals surface area contributed by atoms with Gasteiger partial charge < -0.3 is 15.0 Å². The lowest BCUT2D eigenvalue weighted by molar-refractivity contribution is 0.328. The van der Waals surface area contributed by atoms with Crippen LogP contribution in [0.5, 0.6) is 5.75 Å². The van der Waals surface area contributed by atoms with Crippen LogP contribution < -0.4 is 15.0 Å². The van der Waals surface area contributed by atoms with Gasteiger partial charge in [-0.3, -0.25) is 0 Å². The maximum Gasteiger partial charge on any atom is 0.125 e. The summed E-state index contributed by atoms with van der Waals surface area (Å²) >= 11 is 0. The van der Waals surface area contributed by atoms with Gasteiger partial charge in [-0.2, -0.15) is 0 Å². The second-order valence-corrected chi connectivity index (χ2v) is 6.83. The molecule has 1 aromatic carbocycles. The Balaban J connectivity index is 3.28. The summed E-state index contributed by atoms with van der Waals surface area (Å²) in [4.78, 5) is 2.37. The van der Waals surface area contributed by atoms with Crippen molar-refractivity contribution in [1.29, 1.82) is 0 Å². The predicted molar refractivity (Wildman–Crippen MR) is 92.4 cm³/mol. The van der Waals surface area contributed by atoms with Crippen molar-refractivity contribution in [3.8, 4) is 5.75 Å². The van der Waals surface area contributed by atoms with Crippen molar-refractivity contribution in [2.45, 2.75) is 53.6 Å². The van der Waals surface area contributed by atoms with Gasteiger partial charge in [0.05, 0.1) is 7.11 Å². The van der Waals surface area contributed by atoms with Gasteiger partial charge in [-0.25, -0.2) is 0 Å². The summed E-state index contributed by atoms with van der Waals surface area (Å²) < 4.78 is 5.60. The van der Waals surface area contributed by atoms with Crippen LogP contribution in [0.25, 0.3) is 0 Å². The first-order valence-corrected chi connectivity index (χ1v) is 7.87. The molecule has 120 valence electrons. The first kappa shape index (κ1) is 17.8. The molecule has 0 radical (unpaired) electrons. The van der Waals surface area contributed by atoms with Crippen LogP contribution in [-0.4, -0.2) is 26.7 Å². The van der Waals surface area contributed by atoms with Crippen molar-refractivity contribution in [3.63, 3.8) is 0 Å². The van der Waals surface area contributed by atoms with E-state index in [1.165, 1.54) is 11.3 Å². The van der Waals surface area contributed by atoms with E-state index in [0.29, 0.717) is 6.04 Å². The smallest absolute Gasteiger partial charge is 0.125 e. The van der Waals surface area contributed by atoms with Crippen molar-refractivity contribution in [2.24, 2.45) is 5.41 Å². The number of nitrogens with one attached hydrogen (secondary N) is 1. The van der Waals surface area contributed by atoms with Gasteiger partial charge in [0, 0.05) is 30.4 Å². The topological polar surface area (TPSA) is 24.5 Å². The van der Waals surface area contributed by atoms with Crippen molar-refractivity contribution < 1.29 is 4.74 Å². The fourth-order valence-corrected chi connectivity index (χ4v) is 2.65. The quantitative estimate of drug-likeness (QED) is 0.849. The van der Waals surface area contributed by atoms with E-state index in [9.17, 15) is 0 Å². The summed E-state index contributed by atoms with van der Waals surface area (Å²) in [5.41, 5.74) is 2.70. The Morgan fingerprint density at radius 3 is 2.33 bits per heavy atom. The lowest BCUT2D eigenvalue weighted by Crippen LogP contribution is -2.40. The summed E-state index contributed by atoms with van der Waals surface area (Å²) in [5.74, 6) is 0.953. The van der Waals surface area contributed by atoms with E-state index in [1.54, 1.807) is 7.11 Å². The molecule has 0 fully saturated rings. The molecular weight excluding hydrogens is 260 g/mol. The van der Waals surface area contributed by atoms with E-state index >= 15 is 0 Å². The van der Waals surface area contributed by atoms with E-state index < -0.39 is 0 Å². The summed E-state index contributed by atoms with van der Waals surface area (Å²) in [6, 6.07) is 6.99. The Kier molecular flexibility index (Phi) is 6.09. The van der Waals surface area contributed by atoms with Crippen LogP contribution in [0.15, 0.2) is 18.2 Å². The minimum Gasteiger partial charge on any atom is -0.496 e. The van der Waals surface area contributed by atoms with Gasteiger partial charge in [-0.15, -0.1) is 0 Å². The van der Waals surface area contributed by atoms with Crippen molar-refractivity contribution in [2.75, 3.05) is 25.6 Å². The highest BCUT2D eigenvalue weighted by atomic mass is 16.5. The largest absolute Gasteiger partial charge is 0.496 e. The second kappa shape index (κ2) is 7.17. The van der Waals surface area contributed by atoms with Crippen LogP contribution >= 0.6 is 0 Å². The molecule has 2 unspecified atom stereocenters. The van der Waals surface area contributed by atoms with E-state index in [1.807, 2.05) is 6.07 Å². The third-order valence-corrected chi connectivity index (χ3v) is 4.42. The Bertz CT molecular complexity index is 451. The Morgan fingerprint density at radius 1 is 1.24 bits per heavy atom. The van der Waals surface area contributed by atoms with E-state index in [0.717, 1.165) is 12.3 Å². The van der Waals surface area contributed by atoms with Crippen molar-refractivity contribution >= 4 is 5.69 Å². The Morgan fingerprint density at radius 2 is 1.86 bits per heavy atom. The van der Waals surface area contributed by atoms with E-state index in [-0.39, 0.29) is 11.5 Å². The van der Waals surface area contributed by atoms with Gasteiger partial charge in [0.1, 0.15) is 5.75 Å². The molecule has 1 N–H and O–H groups in total. The average Bonchev–Trinajstić information content (AvgIpc) is 2.43. The lowest BCUT2D eigenvalue weighted by atomic mass is 9.86. The van der Waals surface area contributed by atoms with Crippen LogP contribution in [0.1, 0.15) is 53.1 Å². The number of anilines is 1. The van der Waals surface area contributed by atoms with Gasteiger partial charge in [0.2, 0.25) is 0 Å². The zero-order valence-electron chi connectivity index (χ0n) is 14.9. The molecule has 0 bridgehead atoms. The summed E-state index contributed by atoms with van der Waals surface area (Å²) in [6.45, 7) is 14.4. The molecule has 2 atom stereocenters. The normalized spacial score (nSPS) is 14.7. The summed E-state index contributed by atoms with van der Waals surface area (Å²) in [6.07, 6.45) is 0. The molecular formula is C18H32N2O. The molecule has 3 nitrogen and oxygen atoms in total. The standard InChI is InChI=1S/C18H32N2O/c1-9-19-13(2)17-15(11-10-12-16(17)21-8)20(7)14(3)18(4,5)6/h10-14,19H,9H2,1-8H3. The number of nitrogens with zero attached hydrogens (tertiary/aromatic N) is 1. The van der Waals surface area contributed by atoms with Gasteiger partial charge in [-0.1, -0.05) is 33.8 Å². The summed E-state index contributed by atoms with van der Waals surface area (Å²) in [7, 11) is 3.92. The molecule has 3 heteroatoms. The first-order valence-electron chi connectivity index (χ1n) is 7.87. The average molecular weight is 292 g/mol. The van der Waals surface area contributed by atoms with Crippen LogP contribution in [0.3, 0.4) is 0 Å². The minimum atomic E-state index is 0.219. The number of methoxy groups -OCH3 is 1. The molecule has 1 rings (SSSR count). The van der Waals surface area contributed by atoms with Crippen LogP contribution in [0.4, 0.5) is 5.69 Å². The molecule has 0 aromatic heterocycles. The summed E-state index contributed by atoms with van der Waals surface area (Å²) in [5, 5.41) is 3.50. The van der Waals surface area contributed by atoms with Crippen molar-refractivity contribution in [3.05, 3.63) is 23.8 Å².